The van der Waals surface area contributed by atoms with Gasteiger partial charge in [0.25, 0.3) is 5.91 Å². The zero-order chi connectivity index (χ0) is 20.2. The normalized spacial score (nSPS) is 25.6. The summed E-state index contributed by atoms with van der Waals surface area (Å²) in [6.07, 6.45) is 13.2. The first kappa shape index (κ1) is 19.7. The molecule has 2 atom stereocenters. The first-order valence-electron chi connectivity index (χ1n) is 10.8. The number of nitrogens with one attached hydrogen (secondary N) is 2. The number of allylic oxidation sites excluding steroid dienone is 2. The minimum absolute atomic E-state index is 0.114. The molecule has 3 aliphatic rings. The van der Waals surface area contributed by atoms with E-state index in [4.69, 9.17) is 0 Å². The average molecular weight is 396 g/mol. The molecule has 29 heavy (non-hydrogen) atoms. The van der Waals surface area contributed by atoms with Crippen LogP contribution in [-0.2, 0) is 9.59 Å². The van der Waals surface area contributed by atoms with Crippen molar-refractivity contribution in [2.75, 3.05) is 5.01 Å². The van der Waals surface area contributed by atoms with Crippen LogP contribution in [0, 0.1) is 11.8 Å². The van der Waals surface area contributed by atoms with Crippen molar-refractivity contribution in [1.82, 2.24) is 10.7 Å². The molecule has 1 aromatic carbocycles. The number of rotatable bonds is 3. The van der Waals surface area contributed by atoms with Crippen LogP contribution in [-0.4, -0.2) is 23.8 Å². The third-order valence-electron chi connectivity index (χ3n) is 6.34. The van der Waals surface area contributed by atoms with Crippen LogP contribution in [0.5, 0.6) is 0 Å². The van der Waals surface area contributed by atoms with E-state index in [0.717, 1.165) is 25.7 Å². The lowest BCUT2D eigenvalue weighted by Crippen LogP contribution is -2.59. The zero-order valence-electron chi connectivity index (χ0n) is 16.7. The maximum atomic E-state index is 13.0. The highest BCUT2D eigenvalue weighted by molar-refractivity contribution is 6.05. The summed E-state index contributed by atoms with van der Waals surface area (Å²) < 4.78 is 0. The molecule has 1 heterocycles. The zero-order valence-corrected chi connectivity index (χ0v) is 16.7. The monoisotopic (exact) mass is 395 g/mol. The Kier molecular flexibility index (Phi) is 5.97. The molecule has 6 heteroatoms. The van der Waals surface area contributed by atoms with Crippen LogP contribution in [0.2, 0.25) is 0 Å². The molecule has 1 saturated carbocycles. The Morgan fingerprint density at radius 2 is 1.66 bits per heavy atom. The molecule has 1 aromatic rings. The number of hydrogen-bond donors (Lipinski definition) is 2. The molecule has 1 saturated heterocycles. The standard InChI is InChI=1S/C23H29N3O3/c27-21(24-17-10-4-2-1-3-5-11-17)16-9-8-12-18(15-16)26-23(29)20-14-7-6-13-19(20)22(28)25-26/h6-9,12,15,17,19-20H,1-5,10-11,13-14H2,(H,24,27)(H,25,28). The van der Waals surface area contributed by atoms with Crippen LogP contribution >= 0.6 is 0 Å². The fourth-order valence-electron chi connectivity index (χ4n) is 4.64. The van der Waals surface area contributed by atoms with E-state index in [1.54, 1.807) is 24.3 Å². The van der Waals surface area contributed by atoms with Gasteiger partial charge in [0.05, 0.1) is 17.5 Å². The lowest BCUT2D eigenvalue weighted by molar-refractivity contribution is -0.139. The van der Waals surface area contributed by atoms with Gasteiger partial charge in [0.1, 0.15) is 0 Å². The van der Waals surface area contributed by atoms with Gasteiger partial charge in [0.15, 0.2) is 0 Å². The van der Waals surface area contributed by atoms with Crippen LogP contribution < -0.4 is 15.8 Å². The molecule has 154 valence electrons. The highest BCUT2D eigenvalue weighted by Gasteiger charge is 2.42. The number of benzene rings is 1. The Bertz CT molecular complexity index is 811. The van der Waals surface area contributed by atoms with Crippen molar-refractivity contribution >= 4 is 23.4 Å². The maximum Gasteiger partial charge on any atom is 0.251 e. The summed E-state index contributed by atoms with van der Waals surface area (Å²) in [5.41, 5.74) is 3.76. The number of carbonyl (C=O) groups is 3. The van der Waals surface area contributed by atoms with E-state index < -0.39 is 0 Å². The Labute approximate surface area is 171 Å². The average Bonchev–Trinajstić information content (AvgIpc) is 2.72. The molecule has 6 nitrogen and oxygen atoms in total. The molecular formula is C23H29N3O3. The van der Waals surface area contributed by atoms with Gasteiger partial charge in [-0.05, 0) is 43.9 Å². The van der Waals surface area contributed by atoms with Crippen LogP contribution in [0.15, 0.2) is 36.4 Å². The molecule has 2 unspecified atom stereocenters. The number of anilines is 1. The minimum Gasteiger partial charge on any atom is -0.349 e. The topological polar surface area (TPSA) is 78.5 Å². The molecule has 0 spiro atoms. The molecule has 0 aromatic heterocycles. The Morgan fingerprint density at radius 3 is 2.41 bits per heavy atom. The predicted molar refractivity (Wildman–Crippen MR) is 111 cm³/mol. The van der Waals surface area contributed by atoms with E-state index in [9.17, 15) is 14.4 Å². The smallest absolute Gasteiger partial charge is 0.251 e. The highest BCUT2D eigenvalue weighted by Crippen LogP contribution is 2.32. The van der Waals surface area contributed by atoms with E-state index in [1.165, 1.54) is 24.3 Å². The molecule has 3 amide bonds. The summed E-state index contributed by atoms with van der Waals surface area (Å²) in [6, 6.07) is 7.16. The number of fused-ring (bicyclic) bond motifs is 1. The third-order valence-corrected chi connectivity index (χ3v) is 6.34. The van der Waals surface area contributed by atoms with Gasteiger partial charge in [-0.1, -0.05) is 50.3 Å². The van der Waals surface area contributed by atoms with Crippen molar-refractivity contribution in [1.29, 1.82) is 0 Å². The Hall–Kier alpha value is -2.63. The van der Waals surface area contributed by atoms with Gasteiger partial charge in [-0.3, -0.25) is 19.8 Å². The van der Waals surface area contributed by atoms with Gasteiger partial charge in [-0.15, -0.1) is 0 Å². The van der Waals surface area contributed by atoms with Crippen LogP contribution in [0.1, 0.15) is 68.1 Å². The predicted octanol–water partition coefficient (Wildman–Crippen LogP) is 3.49. The van der Waals surface area contributed by atoms with Crippen LogP contribution in [0.3, 0.4) is 0 Å². The van der Waals surface area contributed by atoms with Crippen molar-refractivity contribution < 1.29 is 14.4 Å². The van der Waals surface area contributed by atoms with E-state index >= 15 is 0 Å². The van der Waals surface area contributed by atoms with E-state index in [1.807, 2.05) is 12.2 Å². The fraction of sp³-hybridized carbons (Fsp3) is 0.522. The summed E-state index contributed by atoms with van der Waals surface area (Å²) in [5.74, 6) is -0.998. The number of amides is 3. The summed E-state index contributed by atoms with van der Waals surface area (Å²) in [7, 11) is 0. The number of carbonyl (C=O) groups excluding carboxylic acids is 3. The summed E-state index contributed by atoms with van der Waals surface area (Å²) in [6.45, 7) is 0. The molecule has 4 rings (SSSR count). The number of nitrogens with zero attached hydrogens (tertiary/aromatic N) is 1. The van der Waals surface area contributed by atoms with E-state index in [-0.39, 0.29) is 35.6 Å². The number of hydrogen-bond acceptors (Lipinski definition) is 3. The Morgan fingerprint density at radius 1 is 0.966 bits per heavy atom. The van der Waals surface area contributed by atoms with E-state index in [2.05, 4.69) is 10.7 Å². The van der Waals surface area contributed by atoms with Gasteiger partial charge in [-0.25, -0.2) is 5.01 Å². The largest absolute Gasteiger partial charge is 0.349 e. The van der Waals surface area contributed by atoms with Gasteiger partial charge in [0, 0.05) is 11.6 Å². The molecular weight excluding hydrogens is 366 g/mol. The van der Waals surface area contributed by atoms with Crippen molar-refractivity contribution in [3.8, 4) is 0 Å². The van der Waals surface area contributed by atoms with Crippen molar-refractivity contribution in [3.05, 3.63) is 42.0 Å². The van der Waals surface area contributed by atoms with Gasteiger partial charge >= 0.3 is 0 Å². The molecule has 2 N–H and O–H groups in total. The van der Waals surface area contributed by atoms with Gasteiger partial charge in [-0.2, -0.15) is 0 Å². The first-order chi connectivity index (χ1) is 14.1. The van der Waals surface area contributed by atoms with E-state index in [0.29, 0.717) is 24.1 Å². The van der Waals surface area contributed by atoms with Gasteiger partial charge < -0.3 is 5.32 Å². The molecule has 1 aliphatic heterocycles. The maximum absolute atomic E-state index is 13.0. The molecule has 0 bridgehead atoms. The quantitative estimate of drug-likeness (QED) is 0.769. The minimum atomic E-state index is -0.332. The second kappa shape index (κ2) is 8.80. The Balaban J connectivity index is 1.48. The lowest BCUT2D eigenvalue weighted by Gasteiger charge is -2.38. The molecule has 2 fully saturated rings. The molecule has 0 radical (unpaired) electrons. The summed E-state index contributed by atoms with van der Waals surface area (Å²) in [4.78, 5) is 38.2. The number of hydrazine groups is 1. The highest BCUT2D eigenvalue weighted by atomic mass is 16.2. The first-order valence-corrected chi connectivity index (χ1v) is 10.8. The van der Waals surface area contributed by atoms with Gasteiger partial charge in [0.2, 0.25) is 11.8 Å². The van der Waals surface area contributed by atoms with Crippen molar-refractivity contribution in [2.24, 2.45) is 11.8 Å². The van der Waals surface area contributed by atoms with Crippen LogP contribution in [0.25, 0.3) is 0 Å². The van der Waals surface area contributed by atoms with Crippen molar-refractivity contribution in [2.45, 2.75) is 63.8 Å². The fourth-order valence-corrected chi connectivity index (χ4v) is 4.64. The second-order valence-corrected chi connectivity index (χ2v) is 8.37. The summed E-state index contributed by atoms with van der Waals surface area (Å²) >= 11 is 0. The second-order valence-electron chi connectivity index (χ2n) is 8.37. The third kappa shape index (κ3) is 4.36. The molecule has 2 aliphatic carbocycles. The van der Waals surface area contributed by atoms with Crippen LogP contribution in [0.4, 0.5) is 5.69 Å². The van der Waals surface area contributed by atoms with Crippen molar-refractivity contribution in [3.63, 3.8) is 0 Å². The SMILES string of the molecule is O=C(NC1CCCCCCC1)c1cccc(N2NC(=O)C3CC=CCC3C2=O)c1. The summed E-state index contributed by atoms with van der Waals surface area (Å²) in [5, 5.41) is 4.47. The lowest BCUT2D eigenvalue weighted by atomic mass is 9.80.